The van der Waals surface area contributed by atoms with E-state index in [1.807, 2.05) is 36.1 Å². The number of anilines is 1. The molecule has 0 fully saturated rings. The molecule has 3 nitrogen and oxygen atoms in total. The number of carbonyl (C=O) groups is 1. The predicted molar refractivity (Wildman–Crippen MR) is 93.4 cm³/mol. The van der Waals surface area contributed by atoms with Gasteiger partial charge in [-0.15, -0.1) is 0 Å². The summed E-state index contributed by atoms with van der Waals surface area (Å²) in [5.41, 5.74) is 3.17. The number of hydrogen-bond acceptors (Lipinski definition) is 2. The topological polar surface area (TPSA) is 29.5 Å². The van der Waals surface area contributed by atoms with Crippen molar-refractivity contribution in [3.8, 4) is 5.75 Å². The van der Waals surface area contributed by atoms with Gasteiger partial charge >= 0.3 is 0 Å². The zero-order valence-corrected chi connectivity index (χ0v) is 14.1. The van der Waals surface area contributed by atoms with Crippen molar-refractivity contribution >= 4 is 23.2 Å². The molecule has 0 bridgehead atoms. The second-order valence-corrected chi connectivity index (χ2v) is 6.30. The quantitative estimate of drug-likeness (QED) is 0.835. The van der Waals surface area contributed by atoms with E-state index in [4.69, 9.17) is 16.3 Å². The van der Waals surface area contributed by atoms with Crippen LogP contribution in [-0.2, 0) is 11.2 Å². The number of amides is 1. The number of ether oxygens (including phenoxy) is 1. The Labute approximate surface area is 141 Å². The fourth-order valence-electron chi connectivity index (χ4n) is 2.93. The van der Waals surface area contributed by atoms with E-state index in [-0.39, 0.29) is 5.91 Å². The molecule has 1 aliphatic rings. The molecule has 0 radical (unpaired) electrons. The first-order chi connectivity index (χ1) is 11.1. The minimum absolute atomic E-state index is 0.00949. The van der Waals surface area contributed by atoms with Gasteiger partial charge in [-0.3, -0.25) is 4.79 Å². The number of nitrogens with zero attached hydrogens (tertiary/aromatic N) is 1. The van der Waals surface area contributed by atoms with E-state index in [1.165, 1.54) is 5.56 Å². The van der Waals surface area contributed by atoms with Crippen molar-refractivity contribution in [2.24, 2.45) is 0 Å². The van der Waals surface area contributed by atoms with Gasteiger partial charge in [0.25, 0.3) is 5.91 Å². The Bertz CT molecular complexity index is 729. The Morgan fingerprint density at radius 2 is 2.04 bits per heavy atom. The highest BCUT2D eigenvalue weighted by atomic mass is 35.5. The number of halogens is 1. The summed E-state index contributed by atoms with van der Waals surface area (Å²) in [6.45, 7) is 4.45. The Hall–Kier alpha value is -2.00. The number of aryl methyl sites for hydroxylation is 2. The Morgan fingerprint density at radius 1 is 1.26 bits per heavy atom. The van der Waals surface area contributed by atoms with Gasteiger partial charge < -0.3 is 9.64 Å². The van der Waals surface area contributed by atoms with Gasteiger partial charge in [0.05, 0.1) is 0 Å². The molecular formula is C19H20ClNO2. The summed E-state index contributed by atoms with van der Waals surface area (Å²) < 4.78 is 5.83. The van der Waals surface area contributed by atoms with Crippen molar-refractivity contribution in [1.29, 1.82) is 0 Å². The molecule has 23 heavy (non-hydrogen) atoms. The highest BCUT2D eigenvalue weighted by Crippen LogP contribution is 2.28. The predicted octanol–water partition coefficient (Wildman–Crippen LogP) is 4.40. The maximum Gasteiger partial charge on any atom is 0.267 e. The van der Waals surface area contributed by atoms with Crippen LogP contribution in [0.25, 0.3) is 0 Å². The van der Waals surface area contributed by atoms with Crippen molar-refractivity contribution in [3.63, 3.8) is 0 Å². The third-order valence-corrected chi connectivity index (χ3v) is 4.59. The highest BCUT2D eigenvalue weighted by molar-refractivity contribution is 6.31. The standard InChI is InChI=1S/C19H20ClNO2/c1-13-12-16(9-10-17(13)20)23-14(2)19(22)21-11-5-7-15-6-3-4-8-18(15)21/h3-4,6,8-10,12,14H,5,7,11H2,1-2H3/t14-/m0/s1. The van der Waals surface area contributed by atoms with Gasteiger partial charge in [-0.1, -0.05) is 29.8 Å². The molecule has 3 rings (SSSR count). The molecule has 0 unspecified atom stereocenters. The molecule has 2 aromatic rings. The number of benzene rings is 2. The molecule has 0 aliphatic carbocycles. The second-order valence-electron chi connectivity index (χ2n) is 5.89. The van der Waals surface area contributed by atoms with E-state index in [9.17, 15) is 4.79 Å². The van der Waals surface area contributed by atoms with Crippen LogP contribution in [0.1, 0.15) is 24.5 Å². The number of carbonyl (C=O) groups excluding carboxylic acids is 1. The van der Waals surface area contributed by atoms with E-state index < -0.39 is 6.10 Å². The number of fused-ring (bicyclic) bond motifs is 1. The summed E-state index contributed by atoms with van der Waals surface area (Å²) in [5, 5.41) is 0.696. The Balaban J connectivity index is 1.76. The maximum atomic E-state index is 12.8. The van der Waals surface area contributed by atoms with Crippen molar-refractivity contribution in [3.05, 3.63) is 58.6 Å². The van der Waals surface area contributed by atoms with Gasteiger partial charge in [0.2, 0.25) is 0 Å². The van der Waals surface area contributed by atoms with E-state index in [2.05, 4.69) is 6.07 Å². The van der Waals surface area contributed by atoms with Gasteiger partial charge in [0.15, 0.2) is 6.10 Å². The van der Waals surface area contributed by atoms with Crippen LogP contribution in [0.5, 0.6) is 5.75 Å². The SMILES string of the molecule is Cc1cc(O[C@@H](C)C(=O)N2CCCc3ccccc32)ccc1Cl. The Morgan fingerprint density at radius 3 is 2.83 bits per heavy atom. The molecule has 4 heteroatoms. The summed E-state index contributed by atoms with van der Waals surface area (Å²) in [5.74, 6) is 0.655. The molecule has 2 aromatic carbocycles. The maximum absolute atomic E-state index is 12.8. The molecule has 0 saturated carbocycles. The summed E-state index contributed by atoms with van der Waals surface area (Å²) >= 11 is 6.03. The van der Waals surface area contributed by atoms with Crippen molar-refractivity contribution < 1.29 is 9.53 Å². The van der Waals surface area contributed by atoms with Gasteiger partial charge in [-0.25, -0.2) is 0 Å². The zero-order valence-electron chi connectivity index (χ0n) is 13.4. The molecule has 1 atom stereocenters. The zero-order chi connectivity index (χ0) is 16.4. The van der Waals surface area contributed by atoms with Crippen LogP contribution < -0.4 is 9.64 Å². The van der Waals surface area contributed by atoms with Gasteiger partial charge in [-0.2, -0.15) is 0 Å². The van der Waals surface area contributed by atoms with Crippen LogP contribution >= 0.6 is 11.6 Å². The molecular weight excluding hydrogens is 310 g/mol. The van der Waals surface area contributed by atoms with Crippen LogP contribution in [0.4, 0.5) is 5.69 Å². The minimum Gasteiger partial charge on any atom is -0.481 e. The van der Waals surface area contributed by atoms with E-state index in [1.54, 1.807) is 19.1 Å². The van der Waals surface area contributed by atoms with Gasteiger partial charge in [0.1, 0.15) is 5.75 Å². The average Bonchev–Trinajstić information content (AvgIpc) is 2.57. The molecule has 120 valence electrons. The summed E-state index contributed by atoms with van der Waals surface area (Å²) in [4.78, 5) is 14.6. The summed E-state index contributed by atoms with van der Waals surface area (Å²) in [6.07, 6.45) is 1.46. The smallest absolute Gasteiger partial charge is 0.267 e. The largest absolute Gasteiger partial charge is 0.481 e. The first kappa shape index (κ1) is 15.9. The molecule has 1 heterocycles. The lowest BCUT2D eigenvalue weighted by Crippen LogP contribution is -2.43. The first-order valence-corrected chi connectivity index (χ1v) is 8.26. The molecule has 0 aromatic heterocycles. The van der Waals surface area contributed by atoms with Crippen molar-refractivity contribution in [1.82, 2.24) is 0 Å². The molecule has 0 spiro atoms. The fourth-order valence-corrected chi connectivity index (χ4v) is 3.04. The lowest BCUT2D eigenvalue weighted by Gasteiger charge is -2.31. The molecule has 0 N–H and O–H groups in total. The van der Waals surface area contributed by atoms with Crippen LogP contribution in [0, 0.1) is 6.92 Å². The number of rotatable bonds is 3. The van der Waals surface area contributed by atoms with Crippen LogP contribution in [0.2, 0.25) is 5.02 Å². The number of para-hydroxylation sites is 1. The van der Waals surface area contributed by atoms with Gasteiger partial charge in [-0.05, 0) is 62.1 Å². The lowest BCUT2D eigenvalue weighted by atomic mass is 10.0. The summed E-state index contributed by atoms with van der Waals surface area (Å²) in [7, 11) is 0. The van der Waals surface area contributed by atoms with Crippen LogP contribution in [-0.4, -0.2) is 18.6 Å². The van der Waals surface area contributed by atoms with Gasteiger partial charge in [0, 0.05) is 17.3 Å². The lowest BCUT2D eigenvalue weighted by molar-refractivity contribution is -0.124. The van der Waals surface area contributed by atoms with Crippen molar-refractivity contribution in [2.45, 2.75) is 32.8 Å². The number of hydrogen-bond donors (Lipinski definition) is 0. The highest BCUT2D eigenvalue weighted by Gasteiger charge is 2.27. The van der Waals surface area contributed by atoms with Crippen LogP contribution in [0.3, 0.4) is 0 Å². The third kappa shape index (κ3) is 3.35. The van der Waals surface area contributed by atoms with E-state index in [0.717, 1.165) is 30.6 Å². The second kappa shape index (κ2) is 6.63. The molecule has 0 saturated heterocycles. The monoisotopic (exact) mass is 329 g/mol. The molecule has 1 amide bonds. The average molecular weight is 330 g/mol. The van der Waals surface area contributed by atoms with E-state index >= 15 is 0 Å². The molecule has 1 aliphatic heterocycles. The third-order valence-electron chi connectivity index (χ3n) is 4.17. The van der Waals surface area contributed by atoms with Crippen LogP contribution in [0.15, 0.2) is 42.5 Å². The summed E-state index contributed by atoms with van der Waals surface area (Å²) in [6, 6.07) is 13.5. The van der Waals surface area contributed by atoms with Crippen molar-refractivity contribution in [2.75, 3.05) is 11.4 Å². The Kier molecular flexibility index (Phi) is 4.58. The first-order valence-electron chi connectivity index (χ1n) is 7.88. The van der Waals surface area contributed by atoms with E-state index in [0.29, 0.717) is 10.8 Å². The minimum atomic E-state index is -0.540. The normalized spacial score (nSPS) is 15.0. The fraction of sp³-hybridized carbons (Fsp3) is 0.316.